The standard InChI is InChI=1S/C14H17N3O2/c1-10(4-6-12-3-2-8-19-12)17-14(18)11-5-7-13(15)16-9-11/h2-3,5,7-10H,4,6H2,1H3,(H2,15,16)(H,17,18). The molecule has 0 saturated heterocycles. The van der Waals surface area contributed by atoms with Crippen molar-refractivity contribution in [2.24, 2.45) is 0 Å². The lowest BCUT2D eigenvalue weighted by molar-refractivity contribution is 0.0938. The van der Waals surface area contributed by atoms with Crippen molar-refractivity contribution in [3.63, 3.8) is 0 Å². The Balaban J connectivity index is 1.83. The molecule has 1 amide bonds. The molecule has 1 unspecified atom stereocenters. The zero-order valence-corrected chi connectivity index (χ0v) is 10.8. The van der Waals surface area contributed by atoms with Crippen LogP contribution < -0.4 is 11.1 Å². The smallest absolute Gasteiger partial charge is 0.253 e. The van der Waals surface area contributed by atoms with Crippen molar-refractivity contribution >= 4 is 11.7 Å². The molecule has 0 aliphatic carbocycles. The van der Waals surface area contributed by atoms with Crippen LogP contribution in [0.1, 0.15) is 29.5 Å². The van der Waals surface area contributed by atoms with Crippen LogP contribution in [-0.2, 0) is 6.42 Å². The number of hydrogen-bond donors (Lipinski definition) is 2. The van der Waals surface area contributed by atoms with Crippen molar-refractivity contribution < 1.29 is 9.21 Å². The predicted octanol–water partition coefficient (Wildman–Crippen LogP) is 2.01. The summed E-state index contributed by atoms with van der Waals surface area (Å²) in [4.78, 5) is 15.8. The largest absolute Gasteiger partial charge is 0.469 e. The molecule has 1 atom stereocenters. The third-order valence-corrected chi connectivity index (χ3v) is 2.83. The van der Waals surface area contributed by atoms with Gasteiger partial charge in [-0.25, -0.2) is 4.98 Å². The van der Waals surface area contributed by atoms with E-state index in [2.05, 4.69) is 10.3 Å². The molecule has 0 aromatic carbocycles. The van der Waals surface area contributed by atoms with Gasteiger partial charge in [0.25, 0.3) is 5.91 Å². The minimum Gasteiger partial charge on any atom is -0.469 e. The Morgan fingerprint density at radius 1 is 1.47 bits per heavy atom. The van der Waals surface area contributed by atoms with Gasteiger partial charge in [0.15, 0.2) is 0 Å². The number of anilines is 1. The molecule has 2 heterocycles. The monoisotopic (exact) mass is 259 g/mol. The van der Waals surface area contributed by atoms with Gasteiger partial charge in [-0.1, -0.05) is 0 Å². The van der Waals surface area contributed by atoms with E-state index in [0.29, 0.717) is 11.4 Å². The normalized spacial score (nSPS) is 12.1. The Bertz CT molecular complexity index is 520. The van der Waals surface area contributed by atoms with Gasteiger partial charge < -0.3 is 15.5 Å². The Hall–Kier alpha value is -2.30. The van der Waals surface area contributed by atoms with Gasteiger partial charge in [-0.15, -0.1) is 0 Å². The van der Waals surface area contributed by atoms with Gasteiger partial charge in [0, 0.05) is 18.7 Å². The molecule has 0 bridgehead atoms. The van der Waals surface area contributed by atoms with Crippen LogP contribution in [-0.4, -0.2) is 16.9 Å². The Labute approximate surface area is 111 Å². The lowest BCUT2D eigenvalue weighted by atomic mass is 10.1. The topological polar surface area (TPSA) is 81.2 Å². The fourth-order valence-corrected chi connectivity index (χ4v) is 1.73. The summed E-state index contributed by atoms with van der Waals surface area (Å²) in [7, 11) is 0. The molecular formula is C14H17N3O2. The van der Waals surface area contributed by atoms with Crippen molar-refractivity contribution in [3.8, 4) is 0 Å². The highest BCUT2D eigenvalue weighted by molar-refractivity contribution is 5.94. The van der Waals surface area contributed by atoms with E-state index in [4.69, 9.17) is 10.2 Å². The van der Waals surface area contributed by atoms with E-state index in [1.54, 1.807) is 18.4 Å². The summed E-state index contributed by atoms with van der Waals surface area (Å²) in [5.74, 6) is 1.19. The molecule has 2 rings (SSSR count). The van der Waals surface area contributed by atoms with Crippen LogP contribution >= 0.6 is 0 Å². The molecule has 0 spiro atoms. The second-order valence-corrected chi connectivity index (χ2v) is 4.46. The molecule has 0 saturated carbocycles. The average Bonchev–Trinajstić information content (AvgIpc) is 2.90. The van der Waals surface area contributed by atoms with Crippen LogP contribution in [0, 0.1) is 0 Å². The van der Waals surface area contributed by atoms with Gasteiger partial charge in [0.05, 0.1) is 11.8 Å². The number of nitrogens with zero attached hydrogens (tertiary/aromatic N) is 1. The number of pyridine rings is 1. The van der Waals surface area contributed by atoms with Crippen LogP contribution in [0.2, 0.25) is 0 Å². The summed E-state index contributed by atoms with van der Waals surface area (Å²) in [5.41, 5.74) is 5.99. The van der Waals surface area contributed by atoms with Crippen molar-refractivity contribution in [1.82, 2.24) is 10.3 Å². The summed E-state index contributed by atoms with van der Waals surface area (Å²) < 4.78 is 5.25. The van der Waals surface area contributed by atoms with Gasteiger partial charge in [-0.2, -0.15) is 0 Å². The van der Waals surface area contributed by atoms with Crippen molar-refractivity contribution in [1.29, 1.82) is 0 Å². The molecule has 2 aromatic heterocycles. The summed E-state index contributed by atoms with van der Waals surface area (Å²) >= 11 is 0. The molecular weight excluding hydrogens is 242 g/mol. The van der Waals surface area contributed by atoms with Crippen molar-refractivity contribution in [2.75, 3.05) is 5.73 Å². The quantitative estimate of drug-likeness (QED) is 0.860. The number of amides is 1. The fraction of sp³-hybridized carbons (Fsp3) is 0.286. The Kier molecular flexibility index (Phi) is 4.18. The number of carbonyl (C=O) groups excluding carboxylic acids is 1. The number of aryl methyl sites for hydroxylation is 1. The molecule has 19 heavy (non-hydrogen) atoms. The number of aromatic nitrogens is 1. The van der Waals surface area contributed by atoms with E-state index >= 15 is 0 Å². The average molecular weight is 259 g/mol. The second kappa shape index (κ2) is 6.04. The highest BCUT2D eigenvalue weighted by Crippen LogP contribution is 2.07. The maximum absolute atomic E-state index is 11.9. The predicted molar refractivity (Wildman–Crippen MR) is 72.6 cm³/mol. The van der Waals surface area contributed by atoms with E-state index < -0.39 is 0 Å². The molecule has 0 fully saturated rings. The van der Waals surface area contributed by atoms with E-state index in [1.165, 1.54) is 6.20 Å². The fourth-order valence-electron chi connectivity index (χ4n) is 1.73. The lowest BCUT2D eigenvalue weighted by Gasteiger charge is -2.13. The van der Waals surface area contributed by atoms with Gasteiger partial charge in [-0.05, 0) is 37.6 Å². The number of carbonyl (C=O) groups is 1. The Morgan fingerprint density at radius 2 is 2.32 bits per heavy atom. The molecule has 0 aliphatic heterocycles. The number of hydrogen-bond acceptors (Lipinski definition) is 4. The second-order valence-electron chi connectivity index (χ2n) is 4.46. The minimum atomic E-state index is -0.139. The number of furan rings is 1. The lowest BCUT2D eigenvalue weighted by Crippen LogP contribution is -2.32. The van der Waals surface area contributed by atoms with Gasteiger partial charge in [-0.3, -0.25) is 4.79 Å². The molecule has 3 N–H and O–H groups in total. The zero-order valence-electron chi connectivity index (χ0n) is 10.8. The number of rotatable bonds is 5. The van der Waals surface area contributed by atoms with E-state index in [1.807, 2.05) is 19.1 Å². The SMILES string of the molecule is CC(CCc1ccco1)NC(=O)c1ccc(N)nc1. The zero-order chi connectivity index (χ0) is 13.7. The van der Waals surface area contributed by atoms with E-state index in [9.17, 15) is 4.79 Å². The van der Waals surface area contributed by atoms with Gasteiger partial charge in [0.1, 0.15) is 11.6 Å². The highest BCUT2D eigenvalue weighted by atomic mass is 16.3. The summed E-state index contributed by atoms with van der Waals surface area (Å²) in [6.45, 7) is 1.96. The van der Waals surface area contributed by atoms with Crippen LogP contribution in [0.3, 0.4) is 0 Å². The van der Waals surface area contributed by atoms with Gasteiger partial charge >= 0.3 is 0 Å². The first kappa shape index (κ1) is 13.1. The van der Waals surface area contributed by atoms with Gasteiger partial charge in [0.2, 0.25) is 0 Å². The van der Waals surface area contributed by atoms with Crippen molar-refractivity contribution in [2.45, 2.75) is 25.8 Å². The summed E-state index contributed by atoms with van der Waals surface area (Å²) in [6, 6.07) is 7.13. The third kappa shape index (κ3) is 3.84. The minimum absolute atomic E-state index is 0.0650. The Morgan fingerprint density at radius 3 is 2.95 bits per heavy atom. The van der Waals surface area contributed by atoms with Crippen LogP contribution in [0.4, 0.5) is 5.82 Å². The highest BCUT2D eigenvalue weighted by Gasteiger charge is 2.10. The molecule has 5 heteroatoms. The van der Waals surface area contributed by atoms with E-state index in [-0.39, 0.29) is 11.9 Å². The number of nitrogens with two attached hydrogens (primary N) is 1. The first-order chi connectivity index (χ1) is 9.15. The summed E-state index contributed by atoms with van der Waals surface area (Å²) in [5, 5.41) is 2.92. The maximum Gasteiger partial charge on any atom is 0.253 e. The first-order valence-corrected chi connectivity index (χ1v) is 6.20. The van der Waals surface area contributed by atoms with E-state index in [0.717, 1.165) is 18.6 Å². The van der Waals surface area contributed by atoms with Crippen LogP contribution in [0.5, 0.6) is 0 Å². The summed E-state index contributed by atoms with van der Waals surface area (Å²) in [6.07, 6.45) is 4.75. The molecule has 5 nitrogen and oxygen atoms in total. The molecule has 2 aromatic rings. The van der Waals surface area contributed by atoms with Crippen molar-refractivity contribution in [3.05, 3.63) is 48.0 Å². The number of nitrogen functional groups attached to an aromatic ring is 1. The maximum atomic E-state index is 11.9. The third-order valence-electron chi connectivity index (χ3n) is 2.83. The van der Waals surface area contributed by atoms with Crippen LogP contribution in [0.15, 0.2) is 41.1 Å². The molecule has 0 aliphatic rings. The number of nitrogens with one attached hydrogen (secondary N) is 1. The molecule has 100 valence electrons. The first-order valence-electron chi connectivity index (χ1n) is 6.20. The van der Waals surface area contributed by atoms with Crippen LogP contribution in [0.25, 0.3) is 0 Å². The molecule has 0 radical (unpaired) electrons.